The maximum Gasteiger partial charge on any atom is 0.308 e. The van der Waals surface area contributed by atoms with Gasteiger partial charge < -0.3 is 14.2 Å². The number of rotatable bonds is 2. The van der Waals surface area contributed by atoms with E-state index in [9.17, 15) is 4.79 Å². The van der Waals surface area contributed by atoms with Crippen LogP contribution in [0.5, 0.6) is 17.2 Å². The Labute approximate surface area is 130 Å². The van der Waals surface area contributed by atoms with Crippen molar-refractivity contribution in [3.8, 4) is 17.2 Å². The Morgan fingerprint density at radius 1 is 1.18 bits per heavy atom. The molecule has 116 valence electrons. The Morgan fingerprint density at radius 2 is 1.86 bits per heavy atom. The topological polar surface area (TPSA) is 44.8 Å². The van der Waals surface area contributed by atoms with Gasteiger partial charge in [0.25, 0.3) is 0 Å². The van der Waals surface area contributed by atoms with Gasteiger partial charge in [0.15, 0.2) is 11.5 Å². The van der Waals surface area contributed by atoms with Gasteiger partial charge in [0.05, 0.1) is 7.11 Å². The second-order valence-corrected chi connectivity index (χ2v) is 6.17. The van der Waals surface area contributed by atoms with E-state index < -0.39 is 0 Å². The molecule has 4 heteroatoms. The molecule has 0 bridgehead atoms. The fourth-order valence-electron chi connectivity index (χ4n) is 2.96. The van der Waals surface area contributed by atoms with Crippen LogP contribution in [-0.4, -0.2) is 18.7 Å². The van der Waals surface area contributed by atoms with Crippen LogP contribution in [0.2, 0.25) is 0 Å². The molecule has 0 spiro atoms. The van der Waals surface area contributed by atoms with Gasteiger partial charge in [-0.15, -0.1) is 0 Å². The van der Waals surface area contributed by atoms with E-state index in [4.69, 9.17) is 14.2 Å². The van der Waals surface area contributed by atoms with E-state index in [0.717, 1.165) is 34.9 Å². The van der Waals surface area contributed by atoms with E-state index in [-0.39, 0.29) is 11.6 Å². The highest BCUT2D eigenvalue weighted by Gasteiger charge is 2.32. The Hall–Kier alpha value is -2.23. The third kappa shape index (κ3) is 2.39. The van der Waals surface area contributed by atoms with Gasteiger partial charge >= 0.3 is 5.97 Å². The molecule has 0 aliphatic carbocycles. The van der Waals surface area contributed by atoms with Crippen LogP contribution in [-0.2, 0) is 11.2 Å². The Morgan fingerprint density at radius 3 is 2.50 bits per heavy atom. The minimum Gasteiger partial charge on any atom is -0.492 e. The van der Waals surface area contributed by atoms with Crippen LogP contribution >= 0.6 is 0 Å². The molecule has 22 heavy (non-hydrogen) atoms. The van der Waals surface area contributed by atoms with Gasteiger partial charge in [-0.25, -0.2) is 0 Å². The summed E-state index contributed by atoms with van der Waals surface area (Å²) in [6, 6.07) is 7.77. The quantitative estimate of drug-likeness (QED) is 0.623. The predicted octanol–water partition coefficient (Wildman–Crippen LogP) is 3.88. The zero-order valence-corrected chi connectivity index (χ0v) is 13.4. The molecule has 2 aromatic rings. The molecule has 0 aromatic heterocycles. The number of esters is 1. The molecule has 0 atom stereocenters. The van der Waals surface area contributed by atoms with E-state index in [2.05, 4.69) is 13.8 Å². The normalized spacial score (nSPS) is 15.8. The Kier molecular flexibility index (Phi) is 3.47. The van der Waals surface area contributed by atoms with Gasteiger partial charge in [-0.3, -0.25) is 4.79 Å². The van der Waals surface area contributed by atoms with Crippen molar-refractivity contribution in [3.63, 3.8) is 0 Å². The van der Waals surface area contributed by atoms with E-state index in [1.165, 1.54) is 6.92 Å². The molecule has 1 aliphatic rings. The van der Waals surface area contributed by atoms with Crippen molar-refractivity contribution in [2.75, 3.05) is 7.11 Å². The number of fused-ring (bicyclic) bond motifs is 3. The first kappa shape index (κ1) is 14.7. The molecule has 0 fully saturated rings. The summed E-state index contributed by atoms with van der Waals surface area (Å²) in [7, 11) is 1.59. The van der Waals surface area contributed by atoms with Crippen molar-refractivity contribution in [3.05, 3.63) is 29.8 Å². The number of benzene rings is 2. The molecule has 1 heterocycles. The van der Waals surface area contributed by atoms with Crippen LogP contribution in [0.4, 0.5) is 0 Å². The molecule has 4 nitrogen and oxygen atoms in total. The van der Waals surface area contributed by atoms with Gasteiger partial charge in [-0.2, -0.15) is 0 Å². The van der Waals surface area contributed by atoms with Crippen molar-refractivity contribution in [2.45, 2.75) is 39.2 Å². The number of hydrogen-bond acceptors (Lipinski definition) is 4. The standard InChI is InChI=1S/C18H20O4/c1-11(19)21-17-13-8-6-5-7-12(13)15-14(16(17)20-4)9-10-18(2,3)22-15/h5-8H,9-10H2,1-4H3. The maximum absolute atomic E-state index is 11.5. The lowest BCUT2D eigenvalue weighted by Gasteiger charge is -2.34. The minimum atomic E-state index is -0.361. The number of ether oxygens (including phenoxy) is 3. The molecule has 1 aliphatic heterocycles. The van der Waals surface area contributed by atoms with E-state index in [1.807, 2.05) is 24.3 Å². The van der Waals surface area contributed by atoms with Crippen molar-refractivity contribution >= 4 is 16.7 Å². The zero-order chi connectivity index (χ0) is 15.9. The van der Waals surface area contributed by atoms with Crippen LogP contribution in [0.15, 0.2) is 24.3 Å². The summed E-state index contributed by atoms with van der Waals surface area (Å²) in [4.78, 5) is 11.5. The lowest BCUT2D eigenvalue weighted by atomic mass is 9.91. The molecule has 0 amide bonds. The number of methoxy groups -OCH3 is 1. The molecule has 0 unspecified atom stereocenters. The summed E-state index contributed by atoms with van der Waals surface area (Å²) in [5.41, 5.74) is 0.751. The molecule has 2 aromatic carbocycles. The lowest BCUT2D eigenvalue weighted by molar-refractivity contribution is -0.131. The largest absolute Gasteiger partial charge is 0.492 e. The summed E-state index contributed by atoms with van der Waals surface area (Å²) in [5, 5.41) is 1.77. The number of carbonyl (C=O) groups excluding carboxylic acids is 1. The first-order chi connectivity index (χ1) is 10.4. The molecule has 0 saturated carbocycles. The summed E-state index contributed by atoms with van der Waals surface area (Å²) in [6.07, 6.45) is 1.71. The first-order valence-electron chi connectivity index (χ1n) is 7.42. The molecular formula is C18H20O4. The van der Waals surface area contributed by atoms with Crippen LogP contribution < -0.4 is 14.2 Å². The fourth-order valence-corrected chi connectivity index (χ4v) is 2.96. The monoisotopic (exact) mass is 300 g/mol. The molecule has 0 N–H and O–H groups in total. The van der Waals surface area contributed by atoms with Crippen LogP contribution in [0, 0.1) is 0 Å². The second-order valence-electron chi connectivity index (χ2n) is 6.17. The highest BCUT2D eigenvalue weighted by molar-refractivity contribution is 5.98. The summed E-state index contributed by atoms with van der Waals surface area (Å²) in [6.45, 7) is 5.56. The average molecular weight is 300 g/mol. The zero-order valence-electron chi connectivity index (χ0n) is 13.4. The van der Waals surface area contributed by atoms with Gasteiger partial charge in [-0.1, -0.05) is 24.3 Å². The molecule has 3 rings (SSSR count). The van der Waals surface area contributed by atoms with Crippen molar-refractivity contribution in [2.24, 2.45) is 0 Å². The van der Waals surface area contributed by atoms with E-state index in [0.29, 0.717) is 11.5 Å². The summed E-state index contributed by atoms with van der Waals surface area (Å²) < 4.78 is 17.2. The maximum atomic E-state index is 11.5. The summed E-state index contributed by atoms with van der Waals surface area (Å²) in [5.74, 6) is 1.55. The highest BCUT2D eigenvalue weighted by Crippen LogP contribution is 2.49. The van der Waals surface area contributed by atoms with E-state index >= 15 is 0 Å². The molecule has 0 saturated heterocycles. The fraction of sp³-hybridized carbons (Fsp3) is 0.389. The van der Waals surface area contributed by atoms with Crippen molar-refractivity contribution < 1.29 is 19.0 Å². The third-order valence-electron chi connectivity index (χ3n) is 3.98. The predicted molar refractivity (Wildman–Crippen MR) is 84.8 cm³/mol. The second kappa shape index (κ2) is 5.20. The van der Waals surface area contributed by atoms with Crippen molar-refractivity contribution in [1.29, 1.82) is 0 Å². The van der Waals surface area contributed by atoms with Crippen molar-refractivity contribution in [1.82, 2.24) is 0 Å². The first-order valence-corrected chi connectivity index (χ1v) is 7.42. The van der Waals surface area contributed by atoms with Gasteiger partial charge in [0.2, 0.25) is 0 Å². The third-order valence-corrected chi connectivity index (χ3v) is 3.98. The minimum absolute atomic E-state index is 0.219. The Bertz CT molecular complexity index is 746. The number of carbonyl (C=O) groups is 1. The summed E-state index contributed by atoms with van der Waals surface area (Å²) >= 11 is 0. The van der Waals surface area contributed by atoms with Gasteiger partial charge in [-0.05, 0) is 26.7 Å². The SMILES string of the molecule is COc1c2c(c3ccccc3c1OC(C)=O)OC(C)(C)CC2. The van der Waals surface area contributed by atoms with Gasteiger partial charge in [0, 0.05) is 23.3 Å². The number of hydrogen-bond donors (Lipinski definition) is 0. The Balaban J connectivity index is 2.34. The van der Waals surface area contributed by atoms with E-state index in [1.54, 1.807) is 7.11 Å². The highest BCUT2D eigenvalue weighted by atomic mass is 16.6. The van der Waals surface area contributed by atoms with Crippen LogP contribution in [0.1, 0.15) is 32.8 Å². The molecule has 0 radical (unpaired) electrons. The van der Waals surface area contributed by atoms with Crippen LogP contribution in [0.25, 0.3) is 10.8 Å². The average Bonchev–Trinajstić information content (AvgIpc) is 2.47. The molecular weight excluding hydrogens is 280 g/mol. The lowest BCUT2D eigenvalue weighted by Crippen LogP contribution is -2.33. The van der Waals surface area contributed by atoms with Crippen LogP contribution in [0.3, 0.4) is 0 Å². The van der Waals surface area contributed by atoms with Gasteiger partial charge in [0.1, 0.15) is 11.4 Å². The smallest absolute Gasteiger partial charge is 0.308 e.